The van der Waals surface area contributed by atoms with Crippen LogP contribution in [-0.2, 0) is 4.79 Å². The van der Waals surface area contributed by atoms with Gasteiger partial charge in [0.15, 0.2) is 5.76 Å². The van der Waals surface area contributed by atoms with E-state index in [1.54, 1.807) is 0 Å². The summed E-state index contributed by atoms with van der Waals surface area (Å²) in [5, 5.41) is 0.956. The summed E-state index contributed by atoms with van der Waals surface area (Å²) in [6, 6.07) is 9.53. The van der Waals surface area contributed by atoms with Crippen molar-refractivity contribution in [2.45, 2.75) is 25.7 Å². The van der Waals surface area contributed by atoms with Crippen molar-refractivity contribution < 1.29 is 14.0 Å². The Morgan fingerprint density at radius 1 is 1.07 bits per heavy atom. The third kappa shape index (κ3) is 4.22. The van der Waals surface area contributed by atoms with Crippen molar-refractivity contribution in [2.75, 3.05) is 46.3 Å². The van der Waals surface area contributed by atoms with Crippen LogP contribution in [0.3, 0.4) is 0 Å². The van der Waals surface area contributed by atoms with E-state index in [2.05, 4.69) is 11.9 Å². The zero-order valence-electron chi connectivity index (χ0n) is 16.6. The minimum Gasteiger partial charge on any atom is -0.451 e. The van der Waals surface area contributed by atoms with Gasteiger partial charge in [-0.2, -0.15) is 0 Å². The summed E-state index contributed by atoms with van der Waals surface area (Å²) in [5.41, 5.74) is 0.747. The highest BCUT2D eigenvalue weighted by Gasteiger charge is 2.27. The Kier molecular flexibility index (Phi) is 5.67. The lowest BCUT2D eigenvalue weighted by Crippen LogP contribution is -2.47. The average molecular weight is 383 g/mol. The predicted molar refractivity (Wildman–Crippen MR) is 108 cm³/mol. The number of hydrogen-bond donors (Lipinski definition) is 0. The van der Waals surface area contributed by atoms with Crippen LogP contribution in [0.2, 0.25) is 0 Å². The lowest BCUT2D eigenvalue weighted by Gasteiger charge is -2.34. The summed E-state index contributed by atoms with van der Waals surface area (Å²) in [5.74, 6) is 1.02. The molecular weight excluding hydrogens is 354 g/mol. The number of likely N-dealkylation sites (tertiary alicyclic amines) is 1. The molecule has 0 radical (unpaired) electrons. The number of carbonyl (C=O) groups excluding carboxylic acids is 2. The normalized spacial score (nSPS) is 21.2. The maximum Gasteiger partial charge on any atom is 0.289 e. The molecule has 6 heteroatoms. The maximum atomic E-state index is 12.9. The minimum atomic E-state index is -0.0358. The van der Waals surface area contributed by atoms with E-state index in [1.807, 2.05) is 40.1 Å². The number of furan rings is 1. The van der Waals surface area contributed by atoms with Crippen LogP contribution < -0.4 is 0 Å². The maximum absolute atomic E-state index is 12.9. The Morgan fingerprint density at radius 2 is 1.86 bits per heavy atom. The second-order valence-electron chi connectivity index (χ2n) is 8.13. The highest BCUT2D eigenvalue weighted by molar-refractivity contribution is 5.96. The predicted octanol–water partition coefficient (Wildman–Crippen LogP) is 2.84. The van der Waals surface area contributed by atoms with Crippen molar-refractivity contribution in [2.24, 2.45) is 5.92 Å². The monoisotopic (exact) mass is 383 g/mol. The van der Waals surface area contributed by atoms with Crippen LogP contribution in [-0.4, -0.2) is 72.8 Å². The molecule has 0 bridgehead atoms. The molecule has 3 heterocycles. The molecule has 0 saturated carbocycles. The molecule has 1 unspecified atom stereocenters. The molecule has 1 atom stereocenters. The molecule has 6 nitrogen and oxygen atoms in total. The average Bonchev–Trinajstić information content (AvgIpc) is 3.16. The summed E-state index contributed by atoms with van der Waals surface area (Å²) < 4.78 is 5.75. The van der Waals surface area contributed by atoms with E-state index in [9.17, 15) is 9.59 Å². The van der Waals surface area contributed by atoms with Crippen molar-refractivity contribution in [3.05, 3.63) is 36.1 Å². The van der Waals surface area contributed by atoms with E-state index < -0.39 is 0 Å². The van der Waals surface area contributed by atoms with E-state index >= 15 is 0 Å². The molecule has 2 aliphatic rings. The summed E-state index contributed by atoms with van der Waals surface area (Å²) in [7, 11) is 2.09. The SMILES string of the molecule is CN1CCN(C(=O)CCC2CCCN(C(=O)c3cc4ccccc4o3)C2)CC1. The molecule has 1 aromatic heterocycles. The van der Waals surface area contributed by atoms with Crippen molar-refractivity contribution in [3.8, 4) is 0 Å². The van der Waals surface area contributed by atoms with E-state index in [0.29, 0.717) is 24.6 Å². The van der Waals surface area contributed by atoms with Gasteiger partial charge in [-0.25, -0.2) is 0 Å². The third-order valence-corrected chi connectivity index (χ3v) is 6.06. The van der Waals surface area contributed by atoms with Crippen molar-refractivity contribution in [3.63, 3.8) is 0 Å². The first-order chi connectivity index (χ1) is 13.6. The standard InChI is InChI=1S/C22H29N3O3/c1-23-11-13-24(14-12-23)21(26)9-8-17-5-4-10-25(16-17)22(27)20-15-18-6-2-3-7-19(18)28-20/h2-3,6-7,15,17H,4-5,8-14,16H2,1H3. The zero-order chi connectivity index (χ0) is 19.5. The Bertz CT molecular complexity index is 805. The summed E-state index contributed by atoms with van der Waals surface area (Å²) in [6.07, 6.45) is 3.51. The number of piperazine rings is 1. The molecule has 0 N–H and O–H groups in total. The lowest BCUT2D eigenvalue weighted by molar-refractivity contribution is -0.133. The molecular formula is C22H29N3O3. The Labute approximate surface area is 166 Å². The lowest BCUT2D eigenvalue weighted by atomic mass is 9.93. The van der Waals surface area contributed by atoms with Gasteiger partial charge in [0.25, 0.3) is 5.91 Å². The number of carbonyl (C=O) groups is 2. The number of benzene rings is 1. The van der Waals surface area contributed by atoms with Crippen molar-refractivity contribution in [1.82, 2.24) is 14.7 Å². The summed E-state index contributed by atoms with van der Waals surface area (Å²) >= 11 is 0. The summed E-state index contributed by atoms with van der Waals surface area (Å²) in [6.45, 7) is 5.04. The number of hydrogen-bond acceptors (Lipinski definition) is 4. The van der Waals surface area contributed by atoms with Gasteiger partial charge in [-0.3, -0.25) is 9.59 Å². The van der Waals surface area contributed by atoms with Crippen molar-refractivity contribution in [1.29, 1.82) is 0 Å². The number of amides is 2. The number of fused-ring (bicyclic) bond motifs is 1. The topological polar surface area (TPSA) is 57.0 Å². The van der Waals surface area contributed by atoms with Gasteiger partial charge in [-0.15, -0.1) is 0 Å². The molecule has 2 aromatic rings. The van der Waals surface area contributed by atoms with Crippen LogP contribution in [0.1, 0.15) is 36.2 Å². The van der Waals surface area contributed by atoms with E-state index in [4.69, 9.17) is 4.42 Å². The first kappa shape index (κ1) is 19.0. The van der Waals surface area contributed by atoms with Crippen LogP contribution in [0, 0.1) is 5.92 Å². The molecule has 0 aliphatic carbocycles. The van der Waals surface area contributed by atoms with Gasteiger partial charge in [0.05, 0.1) is 0 Å². The fourth-order valence-corrected chi connectivity index (χ4v) is 4.27. The first-order valence-electron chi connectivity index (χ1n) is 10.3. The van der Waals surface area contributed by atoms with Gasteiger partial charge in [0.1, 0.15) is 5.58 Å². The van der Waals surface area contributed by atoms with E-state index in [0.717, 1.165) is 63.0 Å². The van der Waals surface area contributed by atoms with Crippen LogP contribution in [0.25, 0.3) is 11.0 Å². The first-order valence-corrected chi connectivity index (χ1v) is 10.3. The summed E-state index contributed by atoms with van der Waals surface area (Å²) in [4.78, 5) is 31.5. The van der Waals surface area contributed by atoms with Gasteiger partial charge in [0.2, 0.25) is 5.91 Å². The molecule has 150 valence electrons. The van der Waals surface area contributed by atoms with Crippen molar-refractivity contribution >= 4 is 22.8 Å². The van der Waals surface area contributed by atoms with Crippen LogP contribution in [0.15, 0.2) is 34.7 Å². The molecule has 2 aliphatic heterocycles. The van der Waals surface area contributed by atoms with E-state index in [-0.39, 0.29) is 11.8 Å². The Hall–Kier alpha value is -2.34. The highest BCUT2D eigenvalue weighted by Crippen LogP contribution is 2.25. The largest absolute Gasteiger partial charge is 0.451 e. The number of para-hydroxylation sites is 1. The second kappa shape index (κ2) is 8.35. The van der Waals surface area contributed by atoms with Gasteiger partial charge in [-0.05, 0) is 44.4 Å². The number of nitrogens with zero attached hydrogens (tertiary/aromatic N) is 3. The highest BCUT2D eigenvalue weighted by atomic mass is 16.3. The van der Waals surface area contributed by atoms with Gasteiger partial charge in [0, 0.05) is 51.1 Å². The number of piperidine rings is 1. The molecule has 1 aromatic carbocycles. The fourth-order valence-electron chi connectivity index (χ4n) is 4.27. The minimum absolute atomic E-state index is 0.0358. The van der Waals surface area contributed by atoms with Crippen LogP contribution >= 0.6 is 0 Å². The van der Waals surface area contributed by atoms with E-state index in [1.165, 1.54) is 0 Å². The van der Waals surface area contributed by atoms with Crippen LogP contribution in [0.5, 0.6) is 0 Å². The molecule has 0 spiro atoms. The van der Waals surface area contributed by atoms with Crippen LogP contribution in [0.4, 0.5) is 0 Å². The van der Waals surface area contributed by atoms with Gasteiger partial charge >= 0.3 is 0 Å². The fraction of sp³-hybridized carbons (Fsp3) is 0.545. The van der Waals surface area contributed by atoms with Gasteiger partial charge < -0.3 is 19.1 Å². The third-order valence-electron chi connectivity index (χ3n) is 6.06. The molecule has 28 heavy (non-hydrogen) atoms. The number of rotatable bonds is 4. The zero-order valence-corrected chi connectivity index (χ0v) is 16.6. The second-order valence-corrected chi connectivity index (χ2v) is 8.13. The van der Waals surface area contributed by atoms with Gasteiger partial charge in [-0.1, -0.05) is 18.2 Å². The Morgan fingerprint density at radius 3 is 2.64 bits per heavy atom. The smallest absolute Gasteiger partial charge is 0.289 e. The number of likely N-dealkylation sites (N-methyl/N-ethyl adjacent to an activating group) is 1. The molecule has 2 saturated heterocycles. The molecule has 2 amide bonds. The molecule has 2 fully saturated rings. The Balaban J connectivity index is 1.31. The molecule has 4 rings (SSSR count). The quantitative estimate of drug-likeness (QED) is 0.815.